The van der Waals surface area contributed by atoms with Crippen LogP contribution < -0.4 is 10.6 Å². The molecule has 0 bridgehead atoms. The van der Waals surface area contributed by atoms with Crippen molar-refractivity contribution in [1.29, 1.82) is 0 Å². The lowest BCUT2D eigenvalue weighted by atomic mass is 9.97. The van der Waals surface area contributed by atoms with Crippen molar-refractivity contribution in [3.63, 3.8) is 0 Å². The monoisotopic (exact) mass is 358 g/mol. The van der Waals surface area contributed by atoms with Crippen LogP contribution in [-0.2, 0) is 11.3 Å². The number of amides is 1. The third kappa shape index (κ3) is 6.38. The highest BCUT2D eigenvalue weighted by Crippen LogP contribution is 2.11. The summed E-state index contributed by atoms with van der Waals surface area (Å²) in [6, 6.07) is 10.7. The topological polar surface area (TPSA) is 47.6 Å². The fraction of sp³-hybridized carbons (Fsp3) is 0.667. The number of carbonyl (C=O) groups excluding carboxylic acids is 1. The maximum Gasteiger partial charge on any atom is 0.223 e. The fourth-order valence-corrected chi connectivity index (χ4v) is 3.91. The van der Waals surface area contributed by atoms with Gasteiger partial charge in [0.25, 0.3) is 0 Å². The lowest BCUT2D eigenvalue weighted by Gasteiger charge is -2.34. The number of rotatable bonds is 8. The molecule has 0 spiro atoms. The number of carbonyl (C=O) groups is 1. The van der Waals surface area contributed by atoms with Crippen molar-refractivity contribution < 1.29 is 4.79 Å². The second-order valence-electron chi connectivity index (χ2n) is 7.63. The summed E-state index contributed by atoms with van der Waals surface area (Å²) in [6.45, 7) is 9.64. The average Bonchev–Trinajstić information content (AvgIpc) is 2.70. The van der Waals surface area contributed by atoms with Crippen LogP contribution in [0.2, 0.25) is 0 Å². The molecule has 0 aliphatic carbocycles. The first kappa shape index (κ1) is 19.3. The zero-order chi connectivity index (χ0) is 18.0. The third-order valence-electron chi connectivity index (χ3n) is 5.62. The number of unbranched alkanes of at least 4 members (excludes halogenated alkanes) is 1. The molecule has 2 saturated heterocycles. The molecular weight excluding hydrogens is 324 g/mol. The van der Waals surface area contributed by atoms with Gasteiger partial charge in [-0.05, 0) is 50.9 Å². The van der Waals surface area contributed by atoms with E-state index in [-0.39, 0.29) is 11.8 Å². The summed E-state index contributed by atoms with van der Waals surface area (Å²) < 4.78 is 0. The largest absolute Gasteiger partial charge is 0.356 e. The number of hydrogen-bond donors (Lipinski definition) is 2. The van der Waals surface area contributed by atoms with Gasteiger partial charge >= 0.3 is 0 Å². The summed E-state index contributed by atoms with van der Waals surface area (Å²) in [5.74, 6) is 0.495. The zero-order valence-electron chi connectivity index (χ0n) is 16.0. The molecule has 26 heavy (non-hydrogen) atoms. The molecule has 5 nitrogen and oxygen atoms in total. The van der Waals surface area contributed by atoms with E-state index in [1.54, 1.807) is 0 Å². The van der Waals surface area contributed by atoms with E-state index in [1.165, 1.54) is 12.0 Å². The van der Waals surface area contributed by atoms with Crippen molar-refractivity contribution in [2.45, 2.75) is 32.2 Å². The van der Waals surface area contributed by atoms with E-state index in [4.69, 9.17) is 0 Å². The average molecular weight is 359 g/mol. The van der Waals surface area contributed by atoms with E-state index in [0.717, 1.165) is 78.2 Å². The Morgan fingerprint density at radius 1 is 1.00 bits per heavy atom. The Morgan fingerprint density at radius 3 is 2.42 bits per heavy atom. The van der Waals surface area contributed by atoms with Crippen LogP contribution in [0.5, 0.6) is 0 Å². The van der Waals surface area contributed by atoms with Crippen molar-refractivity contribution in [3.05, 3.63) is 35.9 Å². The van der Waals surface area contributed by atoms with Crippen LogP contribution in [0.3, 0.4) is 0 Å². The van der Waals surface area contributed by atoms with Crippen LogP contribution in [0.25, 0.3) is 0 Å². The predicted octanol–water partition coefficient (Wildman–Crippen LogP) is 1.70. The van der Waals surface area contributed by atoms with Gasteiger partial charge < -0.3 is 15.5 Å². The molecule has 3 rings (SSSR count). The van der Waals surface area contributed by atoms with Gasteiger partial charge in [-0.1, -0.05) is 30.3 Å². The van der Waals surface area contributed by atoms with E-state index >= 15 is 0 Å². The highest BCUT2D eigenvalue weighted by Gasteiger charge is 2.20. The number of nitrogens with one attached hydrogen (secondary N) is 2. The molecule has 2 heterocycles. The molecule has 1 amide bonds. The summed E-state index contributed by atoms with van der Waals surface area (Å²) in [7, 11) is 0. The molecule has 1 aromatic rings. The molecule has 0 radical (unpaired) electrons. The molecule has 5 heteroatoms. The molecule has 0 aromatic heterocycles. The molecule has 2 N–H and O–H groups in total. The van der Waals surface area contributed by atoms with Gasteiger partial charge in [0.05, 0.1) is 0 Å². The quantitative estimate of drug-likeness (QED) is 0.695. The Balaban J connectivity index is 1.22. The summed E-state index contributed by atoms with van der Waals surface area (Å²) >= 11 is 0. The Hall–Kier alpha value is -1.43. The number of nitrogens with zero attached hydrogens (tertiary/aromatic N) is 2. The van der Waals surface area contributed by atoms with Gasteiger partial charge in [-0.3, -0.25) is 9.69 Å². The summed E-state index contributed by atoms with van der Waals surface area (Å²) in [5.41, 5.74) is 1.41. The first-order valence-electron chi connectivity index (χ1n) is 10.3. The van der Waals surface area contributed by atoms with E-state index in [0.29, 0.717) is 0 Å². The van der Waals surface area contributed by atoms with Gasteiger partial charge in [0.15, 0.2) is 0 Å². The van der Waals surface area contributed by atoms with Crippen LogP contribution in [0, 0.1) is 5.92 Å². The van der Waals surface area contributed by atoms with Crippen molar-refractivity contribution in [2.75, 3.05) is 52.4 Å². The Labute approximate surface area is 158 Å². The number of benzene rings is 1. The Morgan fingerprint density at radius 2 is 1.69 bits per heavy atom. The molecule has 0 saturated carbocycles. The molecule has 0 unspecified atom stereocenters. The highest BCUT2D eigenvalue weighted by molar-refractivity contribution is 5.78. The maximum atomic E-state index is 12.1. The minimum Gasteiger partial charge on any atom is -0.356 e. The van der Waals surface area contributed by atoms with Crippen molar-refractivity contribution >= 4 is 5.91 Å². The minimum absolute atomic E-state index is 0.231. The first-order valence-corrected chi connectivity index (χ1v) is 10.3. The van der Waals surface area contributed by atoms with Gasteiger partial charge in [0.2, 0.25) is 5.91 Å². The molecule has 2 fully saturated rings. The van der Waals surface area contributed by atoms with Gasteiger partial charge in [-0.2, -0.15) is 0 Å². The maximum absolute atomic E-state index is 12.1. The van der Waals surface area contributed by atoms with Crippen LogP contribution >= 0.6 is 0 Å². The van der Waals surface area contributed by atoms with Crippen LogP contribution in [-0.4, -0.2) is 68.1 Å². The molecular formula is C21H34N4O. The van der Waals surface area contributed by atoms with Gasteiger partial charge in [0, 0.05) is 45.2 Å². The molecule has 144 valence electrons. The minimum atomic E-state index is 0.231. The molecule has 2 aliphatic heterocycles. The fourth-order valence-electron chi connectivity index (χ4n) is 3.91. The highest BCUT2D eigenvalue weighted by atomic mass is 16.1. The second kappa shape index (κ2) is 10.7. The van der Waals surface area contributed by atoms with Crippen LogP contribution in [0.15, 0.2) is 30.3 Å². The zero-order valence-corrected chi connectivity index (χ0v) is 16.0. The standard InChI is InChI=1S/C21H34N4O/c26-21(20-8-11-22-12-9-20)23-10-4-5-13-24-14-16-25(17-15-24)18-19-6-2-1-3-7-19/h1-3,6-7,20,22H,4-5,8-18H2,(H,23,26). The van der Waals surface area contributed by atoms with Crippen LogP contribution in [0.1, 0.15) is 31.2 Å². The summed E-state index contributed by atoms with van der Waals surface area (Å²) in [5, 5.41) is 6.44. The number of piperazine rings is 1. The van der Waals surface area contributed by atoms with Crippen molar-refractivity contribution in [3.8, 4) is 0 Å². The molecule has 1 aromatic carbocycles. The SMILES string of the molecule is O=C(NCCCCN1CCN(Cc2ccccc2)CC1)C1CCNCC1. The number of piperidine rings is 1. The lowest BCUT2D eigenvalue weighted by molar-refractivity contribution is -0.125. The van der Waals surface area contributed by atoms with E-state index in [9.17, 15) is 4.79 Å². The smallest absolute Gasteiger partial charge is 0.223 e. The van der Waals surface area contributed by atoms with Crippen molar-refractivity contribution in [2.24, 2.45) is 5.92 Å². The second-order valence-corrected chi connectivity index (χ2v) is 7.63. The summed E-state index contributed by atoms with van der Waals surface area (Å²) in [6.07, 6.45) is 4.23. The summed E-state index contributed by atoms with van der Waals surface area (Å²) in [4.78, 5) is 17.2. The van der Waals surface area contributed by atoms with Gasteiger partial charge in [-0.25, -0.2) is 0 Å². The molecule has 0 atom stereocenters. The number of hydrogen-bond acceptors (Lipinski definition) is 4. The normalized spacial score (nSPS) is 20.2. The predicted molar refractivity (Wildman–Crippen MR) is 106 cm³/mol. The van der Waals surface area contributed by atoms with Crippen LogP contribution in [0.4, 0.5) is 0 Å². The Bertz CT molecular complexity index is 522. The van der Waals surface area contributed by atoms with E-state index in [1.807, 2.05) is 0 Å². The lowest BCUT2D eigenvalue weighted by Crippen LogP contribution is -2.46. The van der Waals surface area contributed by atoms with Gasteiger partial charge in [0.1, 0.15) is 0 Å². The van der Waals surface area contributed by atoms with E-state index in [2.05, 4.69) is 50.8 Å². The van der Waals surface area contributed by atoms with Gasteiger partial charge in [-0.15, -0.1) is 0 Å². The Kier molecular flexibility index (Phi) is 7.92. The van der Waals surface area contributed by atoms with E-state index < -0.39 is 0 Å². The molecule has 2 aliphatic rings. The third-order valence-corrected chi connectivity index (χ3v) is 5.62. The van der Waals surface area contributed by atoms with Crippen molar-refractivity contribution in [1.82, 2.24) is 20.4 Å². The first-order chi connectivity index (χ1) is 12.8.